The number of benzene rings is 2. The molecule has 29 heavy (non-hydrogen) atoms. The fourth-order valence-corrected chi connectivity index (χ4v) is 3.39. The zero-order chi connectivity index (χ0) is 21.7. The molecule has 0 spiro atoms. The number of esters is 1. The molecule has 0 aromatic heterocycles. The molecule has 0 aliphatic rings. The Kier molecular flexibility index (Phi) is 7.10. The Bertz CT molecular complexity index is 983. The molecule has 2 rings (SSSR count). The first kappa shape index (κ1) is 22.5. The number of hydrogen-bond donors (Lipinski definition) is 2. The van der Waals surface area contributed by atoms with Crippen LogP contribution in [0.5, 0.6) is 0 Å². The number of amides is 1. The number of rotatable bonds is 7. The summed E-state index contributed by atoms with van der Waals surface area (Å²) in [5, 5.41) is 2.58. The first-order chi connectivity index (χ1) is 13.5. The van der Waals surface area contributed by atoms with E-state index in [0.717, 1.165) is 17.7 Å². The van der Waals surface area contributed by atoms with Gasteiger partial charge in [-0.2, -0.15) is 4.72 Å². The Morgan fingerprint density at radius 1 is 1.03 bits per heavy atom. The second kappa shape index (κ2) is 9.15. The Morgan fingerprint density at radius 3 is 2.24 bits per heavy atom. The summed E-state index contributed by atoms with van der Waals surface area (Å²) in [6, 6.07) is 12.0. The van der Waals surface area contributed by atoms with Gasteiger partial charge in [-0.15, -0.1) is 0 Å². The maximum Gasteiger partial charge on any atom is 0.321 e. The van der Waals surface area contributed by atoms with Crippen LogP contribution in [0.3, 0.4) is 0 Å². The van der Waals surface area contributed by atoms with E-state index < -0.39 is 45.8 Å². The van der Waals surface area contributed by atoms with E-state index in [1.165, 1.54) is 12.1 Å². The highest BCUT2D eigenvalue weighted by Gasteiger charge is 2.20. The van der Waals surface area contributed by atoms with Gasteiger partial charge in [0.1, 0.15) is 17.3 Å². The van der Waals surface area contributed by atoms with Crippen molar-refractivity contribution in [2.45, 2.75) is 31.1 Å². The number of sulfonamides is 1. The predicted octanol–water partition coefficient (Wildman–Crippen LogP) is 2.58. The van der Waals surface area contributed by atoms with Crippen molar-refractivity contribution in [3.63, 3.8) is 0 Å². The zero-order valence-corrected chi connectivity index (χ0v) is 17.2. The molecule has 7 nitrogen and oxygen atoms in total. The molecule has 0 heterocycles. The van der Waals surface area contributed by atoms with E-state index in [4.69, 9.17) is 4.74 Å². The van der Waals surface area contributed by atoms with Crippen molar-refractivity contribution in [2.24, 2.45) is 0 Å². The molecule has 2 aromatic rings. The summed E-state index contributed by atoms with van der Waals surface area (Å²) in [4.78, 5) is 23.0. The molecule has 0 radical (unpaired) electrons. The molecule has 0 fully saturated rings. The molecule has 0 aliphatic heterocycles. The van der Waals surface area contributed by atoms with Crippen LogP contribution in [0.25, 0.3) is 0 Å². The lowest BCUT2D eigenvalue weighted by atomic mass is 9.87. The quantitative estimate of drug-likeness (QED) is 0.668. The van der Waals surface area contributed by atoms with Crippen molar-refractivity contribution in [1.29, 1.82) is 0 Å². The van der Waals surface area contributed by atoms with Gasteiger partial charge in [-0.05, 0) is 35.2 Å². The molecule has 0 atom stereocenters. The van der Waals surface area contributed by atoms with Crippen molar-refractivity contribution < 1.29 is 27.1 Å². The van der Waals surface area contributed by atoms with E-state index in [2.05, 4.69) is 26.1 Å². The lowest BCUT2D eigenvalue weighted by molar-refractivity contribution is -0.146. The monoisotopic (exact) mass is 422 g/mol. The number of hydrogen-bond acceptors (Lipinski definition) is 5. The summed E-state index contributed by atoms with van der Waals surface area (Å²) in [7, 11) is -4.22. The van der Waals surface area contributed by atoms with Gasteiger partial charge in [0.2, 0.25) is 10.0 Å². The van der Waals surface area contributed by atoms with Crippen LogP contribution in [-0.4, -0.2) is 33.4 Å². The molecule has 0 saturated carbocycles. The van der Waals surface area contributed by atoms with E-state index in [1.54, 1.807) is 12.1 Å². The van der Waals surface area contributed by atoms with Gasteiger partial charge in [0.15, 0.2) is 6.61 Å². The standard InChI is InChI=1S/C20H23FN2O5S/c1-20(2,3)14-8-10-15(11-9-14)23-18(24)13-28-19(25)12-22-29(26,27)17-7-5-4-6-16(17)21/h4-11,22H,12-13H2,1-3H3,(H,23,24). The van der Waals surface area contributed by atoms with Crippen LogP contribution < -0.4 is 10.0 Å². The van der Waals surface area contributed by atoms with Gasteiger partial charge in [0, 0.05) is 5.69 Å². The summed E-state index contributed by atoms with van der Waals surface area (Å²) < 4.78 is 44.2. The molecule has 2 aromatic carbocycles. The van der Waals surface area contributed by atoms with E-state index in [9.17, 15) is 22.4 Å². The van der Waals surface area contributed by atoms with E-state index in [1.807, 2.05) is 16.9 Å². The Morgan fingerprint density at radius 2 is 1.66 bits per heavy atom. The average Bonchev–Trinajstić information content (AvgIpc) is 2.65. The number of carbonyl (C=O) groups is 2. The minimum absolute atomic E-state index is 0.0198. The number of carbonyl (C=O) groups excluding carboxylic acids is 2. The van der Waals surface area contributed by atoms with Crippen LogP contribution in [-0.2, 0) is 29.8 Å². The second-order valence-corrected chi connectivity index (χ2v) is 9.03. The maximum absolute atomic E-state index is 13.6. The van der Waals surface area contributed by atoms with Gasteiger partial charge in [-0.25, -0.2) is 12.8 Å². The van der Waals surface area contributed by atoms with Crippen LogP contribution >= 0.6 is 0 Å². The van der Waals surface area contributed by atoms with Crippen LogP contribution in [0.1, 0.15) is 26.3 Å². The normalized spacial score (nSPS) is 11.7. The second-order valence-electron chi connectivity index (χ2n) is 7.29. The highest BCUT2D eigenvalue weighted by molar-refractivity contribution is 7.89. The lowest BCUT2D eigenvalue weighted by Crippen LogP contribution is -2.32. The van der Waals surface area contributed by atoms with Crippen molar-refractivity contribution >= 4 is 27.6 Å². The van der Waals surface area contributed by atoms with E-state index >= 15 is 0 Å². The van der Waals surface area contributed by atoms with E-state index in [0.29, 0.717) is 5.69 Å². The van der Waals surface area contributed by atoms with Crippen molar-refractivity contribution in [1.82, 2.24) is 4.72 Å². The third kappa shape index (κ3) is 6.65. The molecule has 0 unspecified atom stereocenters. The Labute approximate surface area is 169 Å². The first-order valence-electron chi connectivity index (χ1n) is 8.79. The van der Waals surface area contributed by atoms with Crippen molar-refractivity contribution in [3.05, 3.63) is 59.9 Å². The number of nitrogens with one attached hydrogen (secondary N) is 2. The fourth-order valence-electron chi connectivity index (χ4n) is 2.34. The maximum atomic E-state index is 13.6. The van der Waals surface area contributed by atoms with E-state index in [-0.39, 0.29) is 5.41 Å². The molecule has 9 heteroatoms. The molecular weight excluding hydrogens is 399 g/mol. The molecule has 0 bridgehead atoms. The van der Waals surface area contributed by atoms with Crippen LogP contribution in [0.15, 0.2) is 53.4 Å². The van der Waals surface area contributed by atoms with Gasteiger partial charge in [-0.3, -0.25) is 9.59 Å². The summed E-state index contributed by atoms with van der Waals surface area (Å²) in [5.41, 5.74) is 1.62. The third-order valence-electron chi connectivity index (χ3n) is 3.93. The third-order valence-corrected chi connectivity index (χ3v) is 5.37. The topological polar surface area (TPSA) is 102 Å². The van der Waals surface area contributed by atoms with Gasteiger partial charge >= 0.3 is 5.97 Å². The smallest absolute Gasteiger partial charge is 0.321 e. The number of ether oxygens (including phenoxy) is 1. The largest absolute Gasteiger partial charge is 0.455 e. The molecule has 2 N–H and O–H groups in total. The van der Waals surface area contributed by atoms with Crippen LogP contribution in [0.2, 0.25) is 0 Å². The van der Waals surface area contributed by atoms with Gasteiger partial charge in [0.25, 0.3) is 5.91 Å². The highest BCUT2D eigenvalue weighted by atomic mass is 32.2. The SMILES string of the molecule is CC(C)(C)c1ccc(NC(=O)COC(=O)CNS(=O)(=O)c2ccccc2F)cc1. The van der Waals surface area contributed by atoms with Crippen molar-refractivity contribution in [3.8, 4) is 0 Å². The molecule has 0 aliphatic carbocycles. The molecule has 0 saturated heterocycles. The van der Waals surface area contributed by atoms with Gasteiger partial charge in [-0.1, -0.05) is 45.0 Å². The minimum atomic E-state index is -4.22. The van der Waals surface area contributed by atoms with Gasteiger partial charge in [0.05, 0.1) is 0 Å². The van der Waals surface area contributed by atoms with Crippen LogP contribution in [0.4, 0.5) is 10.1 Å². The van der Waals surface area contributed by atoms with Crippen LogP contribution in [0, 0.1) is 5.82 Å². The van der Waals surface area contributed by atoms with Gasteiger partial charge < -0.3 is 10.1 Å². The fraction of sp³-hybridized carbons (Fsp3) is 0.300. The lowest BCUT2D eigenvalue weighted by Gasteiger charge is -2.19. The number of anilines is 1. The molecule has 1 amide bonds. The zero-order valence-electron chi connectivity index (χ0n) is 16.4. The Hall–Kier alpha value is -2.78. The summed E-state index contributed by atoms with van der Waals surface area (Å²) in [6.45, 7) is 4.90. The number of halogens is 1. The molecule has 156 valence electrons. The Balaban J connectivity index is 1.81. The highest BCUT2D eigenvalue weighted by Crippen LogP contribution is 2.23. The average molecular weight is 422 g/mol. The molecular formula is C20H23FN2O5S. The summed E-state index contributed by atoms with van der Waals surface area (Å²) >= 11 is 0. The summed E-state index contributed by atoms with van der Waals surface area (Å²) in [5.74, 6) is -2.48. The first-order valence-corrected chi connectivity index (χ1v) is 10.3. The minimum Gasteiger partial charge on any atom is -0.455 e. The van der Waals surface area contributed by atoms with Crippen molar-refractivity contribution in [2.75, 3.05) is 18.5 Å². The summed E-state index contributed by atoms with van der Waals surface area (Å²) in [6.07, 6.45) is 0. The predicted molar refractivity (Wildman–Crippen MR) is 106 cm³/mol.